The van der Waals surface area contributed by atoms with Crippen molar-refractivity contribution in [1.29, 1.82) is 0 Å². The van der Waals surface area contributed by atoms with Crippen molar-refractivity contribution in [2.24, 2.45) is 5.92 Å². The Bertz CT molecular complexity index is 980. The standard InChI is InChI=1S/C25H25N3O2/c29-24(22-8-6-21(7-9-22)20-4-2-1-3-5-20)27-18-19-12-16-28(17-13-19)25(30)23-10-14-26-15-11-23/h1-11,14-15,19H,12-13,16-18H2,(H,27,29). The number of hydrogen-bond donors (Lipinski definition) is 1. The van der Waals surface area contributed by atoms with Crippen molar-refractivity contribution in [3.63, 3.8) is 0 Å². The first-order valence-electron chi connectivity index (χ1n) is 10.3. The molecule has 1 aliphatic rings. The van der Waals surface area contributed by atoms with Gasteiger partial charge in [-0.2, -0.15) is 0 Å². The Balaban J connectivity index is 1.25. The van der Waals surface area contributed by atoms with Crippen LogP contribution < -0.4 is 5.32 Å². The molecular formula is C25H25N3O2. The average molecular weight is 399 g/mol. The number of nitrogens with zero attached hydrogens (tertiary/aromatic N) is 2. The summed E-state index contributed by atoms with van der Waals surface area (Å²) in [6.07, 6.45) is 5.07. The number of rotatable bonds is 5. The third-order valence-corrected chi connectivity index (χ3v) is 5.63. The highest BCUT2D eigenvalue weighted by atomic mass is 16.2. The first-order chi connectivity index (χ1) is 14.7. The minimum absolute atomic E-state index is 0.0510. The lowest BCUT2D eigenvalue weighted by atomic mass is 9.96. The maximum atomic E-state index is 12.5. The molecule has 1 N–H and O–H groups in total. The van der Waals surface area contributed by atoms with Crippen molar-refractivity contribution in [2.75, 3.05) is 19.6 Å². The van der Waals surface area contributed by atoms with Crippen LogP contribution in [0.2, 0.25) is 0 Å². The van der Waals surface area contributed by atoms with E-state index in [0.717, 1.165) is 24.0 Å². The predicted octanol–water partition coefficient (Wildman–Crippen LogP) is 4.03. The molecule has 4 rings (SSSR count). The molecule has 2 aromatic carbocycles. The van der Waals surface area contributed by atoms with Crippen LogP contribution in [0.25, 0.3) is 11.1 Å². The number of nitrogens with one attached hydrogen (secondary N) is 1. The first kappa shape index (κ1) is 19.8. The van der Waals surface area contributed by atoms with Gasteiger partial charge in [-0.05, 0) is 54.2 Å². The summed E-state index contributed by atoms with van der Waals surface area (Å²) in [5.41, 5.74) is 3.58. The summed E-state index contributed by atoms with van der Waals surface area (Å²) in [6, 6.07) is 21.3. The lowest BCUT2D eigenvalue weighted by Gasteiger charge is -2.32. The summed E-state index contributed by atoms with van der Waals surface area (Å²) in [5.74, 6) is 0.391. The Labute approximate surface area is 176 Å². The zero-order valence-corrected chi connectivity index (χ0v) is 16.8. The van der Waals surface area contributed by atoms with E-state index in [4.69, 9.17) is 0 Å². The Morgan fingerprint density at radius 3 is 2.13 bits per heavy atom. The van der Waals surface area contributed by atoms with Crippen LogP contribution in [0.15, 0.2) is 79.1 Å². The van der Waals surface area contributed by atoms with Gasteiger partial charge >= 0.3 is 0 Å². The van der Waals surface area contributed by atoms with Gasteiger partial charge in [0.1, 0.15) is 0 Å². The normalized spacial score (nSPS) is 14.3. The van der Waals surface area contributed by atoms with E-state index in [-0.39, 0.29) is 11.8 Å². The minimum atomic E-state index is -0.0510. The van der Waals surface area contributed by atoms with Gasteiger partial charge in [0.05, 0.1) is 0 Å². The largest absolute Gasteiger partial charge is 0.352 e. The number of pyridine rings is 1. The smallest absolute Gasteiger partial charge is 0.253 e. The molecule has 2 heterocycles. The van der Waals surface area contributed by atoms with Crippen LogP contribution in [-0.4, -0.2) is 41.3 Å². The minimum Gasteiger partial charge on any atom is -0.352 e. The third-order valence-electron chi connectivity index (χ3n) is 5.63. The third kappa shape index (κ3) is 4.74. The summed E-state index contributed by atoms with van der Waals surface area (Å²) in [5, 5.41) is 3.05. The lowest BCUT2D eigenvalue weighted by molar-refractivity contribution is 0.0684. The fraction of sp³-hybridized carbons (Fsp3) is 0.240. The number of amides is 2. The van der Waals surface area contributed by atoms with Gasteiger partial charge in [0.15, 0.2) is 0 Å². The molecule has 0 atom stereocenters. The number of hydrogen-bond acceptors (Lipinski definition) is 3. The van der Waals surface area contributed by atoms with Crippen molar-refractivity contribution >= 4 is 11.8 Å². The number of aromatic nitrogens is 1. The molecule has 0 unspecified atom stereocenters. The van der Waals surface area contributed by atoms with Gasteiger partial charge in [-0.3, -0.25) is 14.6 Å². The van der Waals surface area contributed by atoms with Crippen LogP contribution in [0.4, 0.5) is 0 Å². The van der Waals surface area contributed by atoms with E-state index in [0.29, 0.717) is 36.7 Å². The van der Waals surface area contributed by atoms with Crippen molar-refractivity contribution in [3.05, 3.63) is 90.3 Å². The topological polar surface area (TPSA) is 62.3 Å². The van der Waals surface area contributed by atoms with E-state index in [1.165, 1.54) is 0 Å². The second kappa shape index (κ2) is 9.35. The second-order valence-corrected chi connectivity index (χ2v) is 7.62. The van der Waals surface area contributed by atoms with Gasteiger partial charge in [0, 0.05) is 43.2 Å². The first-order valence-corrected chi connectivity index (χ1v) is 10.3. The quantitative estimate of drug-likeness (QED) is 0.705. The molecule has 30 heavy (non-hydrogen) atoms. The Morgan fingerprint density at radius 1 is 0.833 bits per heavy atom. The Morgan fingerprint density at radius 2 is 1.47 bits per heavy atom. The van der Waals surface area contributed by atoms with Crippen LogP contribution in [-0.2, 0) is 0 Å². The average Bonchev–Trinajstić information content (AvgIpc) is 2.83. The summed E-state index contributed by atoms with van der Waals surface area (Å²) in [7, 11) is 0. The highest BCUT2D eigenvalue weighted by Crippen LogP contribution is 2.20. The van der Waals surface area contributed by atoms with Crippen molar-refractivity contribution in [1.82, 2.24) is 15.2 Å². The second-order valence-electron chi connectivity index (χ2n) is 7.62. The predicted molar refractivity (Wildman–Crippen MR) is 117 cm³/mol. The molecule has 3 aromatic rings. The fourth-order valence-corrected chi connectivity index (χ4v) is 3.80. The van der Waals surface area contributed by atoms with Gasteiger partial charge in [0.2, 0.25) is 0 Å². The van der Waals surface area contributed by atoms with Gasteiger partial charge in [-0.25, -0.2) is 0 Å². The lowest BCUT2D eigenvalue weighted by Crippen LogP contribution is -2.41. The highest BCUT2D eigenvalue weighted by Gasteiger charge is 2.24. The SMILES string of the molecule is O=C(NCC1CCN(C(=O)c2ccncc2)CC1)c1ccc(-c2ccccc2)cc1. The molecule has 1 aliphatic heterocycles. The molecule has 0 radical (unpaired) electrons. The molecule has 1 fully saturated rings. The number of carbonyl (C=O) groups is 2. The van der Waals surface area contributed by atoms with E-state index < -0.39 is 0 Å². The number of benzene rings is 2. The van der Waals surface area contributed by atoms with Crippen LogP contribution in [0.3, 0.4) is 0 Å². The molecule has 152 valence electrons. The van der Waals surface area contributed by atoms with Crippen molar-refractivity contribution < 1.29 is 9.59 Å². The van der Waals surface area contributed by atoms with Crippen LogP contribution in [0.5, 0.6) is 0 Å². The van der Waals surface area contributed by atoms with Gasteiger partial charge < -0.3 is 10.2 Å². The van der Waals surface area contributed by atoms with Crippen molar-refractivity contribution in [3.8, 4) is 11.1 Å². The molecule has 5 heteroatoms. The summed E-state index contributed by atoms with van der Waals surface area (Å²) in [6.45, 7) is 2.07. The molecule has 0 saturated carbocycles. The zero-order chi connectivity index (χ0) is 20.8. The molecule has 1 saturated heterocycles. The monoisotopic (exact) mass is 399 g/mol. The maximum Gasteiger partial charge on any atom is 0.253 e. The molecule has 0 bridgehead atoms. The Kier molecular flexibility index (Phi) is 6.18. The maximum absolute atomic E-state index is 12.5. The van der Waals surface area contributed by atoms with Crippen molar-refractivity contribution in [2.45, 2.75) is 12.8 Å². The van der Waals surface area contributed by atoms with E-state index >= 15 is 0 Å². The highest BCUT2D eigenvalue weighted by molar-refractivity contribution is 5.95. The molecular weight excluding hydrogens is 374 g/mol. The molecule has 0 aliphatic carbocycles. The fourth-order valence-electron chi connectivity index (χ4n) is 3.80. The van der Waals surface area contributed by atoms with E-state index in [1.54, 1.807) is 24.5 Å². The van der Waals surface area contributed by atoms with Crippen LogP contribution in [0.1, 0.15) is 33.6 Å². The van der Waals surface area contributed by atoms with E-state index in [2.05, 4.69) is 22.4 Å². The van der Waals surface area contributed by atoms with E-state index in [9.17, 15) is 9.59 Å². The van der Waals surface area contributed by atoms with Gasteiger partial charge in [-0.1, -0.05) is 42.5 Å². The molecule has 5 nitrogen and oxygen atoms in total. The number of piperidine rings is 1. The van der Waals surface area contributed by atoms with Gasteiger partial charge in [0.25, 0.3) is 11.8 Å². The summed E-state index contributed by atoms with van der Waals surface area (Å²) >= 11 is 0. The Hall–Kier alpha value is -3.47. The molecule has 2 amide bonds. The summed E-state index contributed by atoms with van der Waals surface area (Å²) < 4.78 is 0. The number of likely N-dealkylation sites (tertiary alicyclic amines) is 1. The van der Waals surface area contributed by atoms with Crippen LogP contribution >= 0.6 is 0 Å². The van der Waals surface area contributed by atoms with E-state index in [1.807, 2.05) is 47.4 Å². The molecule has 0 spiro atoms. The van der Waals surface area contributed by atoms with Gasteiger partial charge in [-0.15, -0.1) is 0 Å². The zero-order valence-electron chi connectivity index (χ0n) is 16.8. The number of carbonyl (C=O) groups excluding carboxylic acids is 2. The van der Waals surface area contributed by atoms with Crippen LogP contribution in [0, 0.1) is 5.92 Å². The summed E-state index contributed by atoms with van der Waals surface area (Å²) in [4.78, 5) is 30.9. The molecule has 1 aromatic heterocycles.